The second-order valence-corrected chi connectivity index (χ2v) is 8.88. The van der Waals surface area contributed by atoms with Gasteiger partial charge in [-0.15, -0.1) is 0 Å². The third-order valence-corrected chi connectivity index (χ3v) is 6.12. The van der Waals surface area contributed by atoms with E-state index >= 15 is 0 Å². The van der Waals surface area contributed by atoms with Crippen molar-refractivity contribution in [2.45, 2.75) is 18.4 Å². The summed E-state index contributed by atoms with van der Waals surface area (Å²) in [6, 6.07) is 20.3. The highest BCUT2D eigenvalue weighted by Crippen LogP contribution is 2.24. The Kier molecular flexibility index (Phi) is 7.92. The maximum atomic E-state index is 12.6. The third kappa shape index (κ3) is 6.60. The molecule has 166 valence electrons. The van der Waals surface area contributed by atoms with Crippen molar-refractivity contribution in [2.24, 2.45) is 0 Å². The van der Waals surface area contributed by atoms with Gasteiger partial charge in [0.05, 0.1) is 22.2 Å². The van der Waals surface area contributed by atoms with Crippen LogP contribution in [0.4, 0.5) is 5.69 Å². The lowest BCUT2D eigenvalue weighted by atomic mass is 10.2. The first-order valence-corrected chi connectivity index (χ1v) is 11.8. The van der Waals surface area contributed by atoms with E-state index in [1.165, 1.54) is 18.2 Å². The fraction of sp³-hybridized carbons (Fsp3) is 0.125. The number of ether oxygens (including phenoxy) is 1. The summed E-state index contributed by atoms with van der Waals surface area (Å²) in [6.45, 7) is 2.86. The average molecular weight is 471 g/mol. The van der Waals surface area contributed by atoms with Gasteiger partial charge in [-0.05, 0) is 60.5 Å². The first kappa shape index (κ1) is 23.4. The molecular formula is C24H23ClN2O4S. The Labute approximate surface area is 192 Å². The second-order valence-electron chi connectivity index (χ2n) is 6.79. The van der Waals surface area contributed by atoms with Crippen LogP contribution in [0.5, 0.6) is 5.75 Å². The van der Waals surface area contributed by atoms with E-state index in [1.54, 1.807) is 42.5 Å². The molecule has 0 saturated heterocycles. The van der Waals surface area contributed by atoms with Gasteiger partial charge in [-0.25, -0.2) is 8.42 Å². The maximum Gasteiger partial charge on any atom is 0.261 e. The zero-order chi connectivity index (χ0) is 23.0. The molecule has 3 aromatic carbocycles. The van der Waals surface area contributed by atoms with E-state index < -0.39 is 10.0 Å². The van der Waals surface area contributed by atoms with Crippen LogP contribution >= 0.6 is 11.6 Å². The van der Waals surface area contributed by atoms with Crippen molar-refractivity contribution in [3.8, 4) is 5.75 Å². The van der Waals surface area contributed by atoms with Gasteiger partial charge in [0.1, 0.15) is 5.75 Å². The van der Waals surface area contributed by atoms with Crippen molar-refractivity contribution < 1.29 is 17.9 Å². The molecule has 0 aliphatic carbocycles. The molecule has 0 aromatic heterocycles. The minimum atomic E-state index is -3.78. The Morgan fingerprint density at radius 2 is 1.78 bits per heavy atom. The summed E-state index contributed by atoms with van der Waals surface area (Å²) in [7, 11) is -3.78. The van der Waals surface area contributed by atoms with Gasteiger partial charge in [-0.2, -0.15) is 0 Å². The molecule has 8 heteroatoms. The normalized spacial score (nSPS) is 11.3. The smallest absolute Gasteiger partial charge is 0.261 e. The SMILES string of the molecule is CCOc1cccc(CNC(=O)/C=C/c2ccc(S(=O)(=O)Nc3ccccc3Cl)cc2)c1. The molecule has 1 amide bonds. The van der Waals surface area contributed by atoms with Crippen LogP contribution in [0.25, 0.3) is 6.08 Å². The fourth-order valence-electron chi connectivity index (χ4n) is 2.84. The van der Waals surface area contributed by atoms with Gasteiger partial charge in [0, 0.05) is 12.6 Å². The number of rotatable bonds is 9. The molecule has 0 aliphatic rings. The summed E-state index contributed by atoms with van der Waals surface area (Å²) in [5.74, 6) is 0.498. The van der Waals surface area contributed by atoms with Gasteiger partial charge < -0.3 is 10.1 Å². The molecule has 0 fully saturated rings. The molecular weight excluding hydrogens is 448 g/mol. The number of para-hydroxylation sites is 1. The molecule has 0 aliphatic heterocycles. The molecule has 0 atom stereocenters. The molecule has 0 radical (unpaired) electrons. The van der Waals surface area contributed by atoms with E-state index in [2.05, 4.69) is 10.0 Å². The van der Waals surface area contributed by atoms with E-state index in [-0.39, 0.29) is 10.8 Å². The standard InChI is InChI=1S/C24H23ClN2O4S/c1-2-31-20-7-5-6-19(16-20)17-26-24(28)15-12-18-10-13-21(14-11-18)32(29,30)27-23-9-4-3-8-22(23)25/h3-16,27H,2,17H2,1H3,(H,26,28)/b15-12+. The Morgan fingerprint density at radius 1 is 1.03 bits per heavy atom. The fourth-order valence-corrected chi connectivity index (χ4v) is 4.16. The highest BCUT2D eigenvalue weighted by Gasteiger charge is 2.15. The predicted octanol–water partition coefficient (Wildman–Crippen LogP) is 4.87. The number of carbonyl (C=O) groups is 1. The molecule has 0 spiro atoms. The van der Waals surface area contributed by atoms with Gasteiger partial charge in [0.25, 0.3) is 10.0 Å². The number of hydrogen-bond donors (Lipinski definition) is 2. The summed E-state index contributed by atoms with van der Waals surface area (Å²) < 4.78 is 33.0. The Bertz CT molecular complexity index is 1210. The average Bonchev–Trinajstić information content (AvgIpc) is 2.78. The van der Waals surface area contributed by atoms with Crippen molar-refractivity contribution in [1.29, 1.82) is 0 Å². The molecule has 3 aromatic rings. The molecule has 0 unspecified atom stereocenters. The number of halogens is 1. The number of carbonyl (C=O) groups excluding carboxylic acids is 1. The summed E-state index contributed by atoms with van der Waals surface area (Å²) in [5.41, 5.74) is 1.93. The number of sulfonamides is 1. The summed E-state index contributed by atoms with van der Waals surface area (Å²) >= 11 is 6.02. The van der Waals surface area contributed by atoms with Crippen LogP contribution in [0, 0.1) is 0 Å². The van der Waals surface area contributed by atoms with Crippen LogP contribution < -0.4 is 14.8 Å². The summed E-state index contributed by atoms with van der Waals surface area (Å²) in [5, 5.41) is 3.12. The van der Waals surface area contributed by atoms with Crippen molar-refractivity contribution in [2.75, 3.05) is 11.3 Å². The summed E-state index contributed by atoms with van der Waals surface area (Å²) in [4.78, 5) is 12.2. The molecule has 3 rings (SSSR count). The molecule has 0 heterocycles. The summed E-state index contributed by atoms with van der Waals surface area (Å²) in [6.07, 6.45) is 3.02. The highest BCUT2D eigenvalue weighted by molar-refractivity contribution is 7.92. The largest absolute Gasteiger partial charge is 0.494 e. The lowest BCUT2D eigenvalue weighted by molar-refractivity contribution is -0.116. The van der Waals surface area contributed by atoms with Crippen LogP contribution in [0.3, 0.4) is 0 Å². The Hall–Kier alpha value is -3.29. The third-order valence-electron chi connectivity index (χ3n) is 4.41. The van der Waals surface area contributed by atoms with E-state index in [0.29, 0.717) is 29.4 Å². The zero-order valence-electron chi connectivity index (χ0n) is 17.4. The van der Waals surface area contributed by atoms with Gasteiger partial charge >= 0.3 is 0 Å². The monoisotopic (exact) mass is 470 g/mol. The first-order valence-electron chi connectivity index (χ1n) is 9.92. The van der Waals surface area contributed by atoms with Crippen molar-refractivity contribution >= 4 is 39.3 Å². The minimum Gasteiger partial charge on any atom is -0.494 e. The number of hydrogen-bond acceptors (Lipinski definition) is 4. The Morgan fingerprint density at radius 3 is 2.50 bits per heavy atom. The predicted molar refractivity (Wildman–Crippen MR) is 127 cm³/mol. The van der Waals surface area contributed by atoms with Crippen LogP contribution in [-0.4, -0.2) is 20.9 Å². The Balaban J connectivity index is 1.58. The van der Waals surface area contributed by atoms with Crippen molar-refractivity contribution in [3.63, 3.8) is 0 Å². The highest BCUT2D eigenvalue weighted by atomic mass is 35.5. The van der Waals surface area contributed by atoms with Crippen LogP contribution in [0.1, 0.15) is 18.1 Å². The number of nitrogens with one attached hydrogen (secondary N) is 2. The van der Waals surface area contributed by atoms with Crippen LogP contribution in [-0.2, 0) is 21.4 Å². The van der Waals surface area contributed by atoms with E-state index in [0.717, 1.165) is 11.3 Å². The van der Waals surface area contributed by atoms with Crippen molar-refractivity contribution in [1.82, 2.24) is 5.32 Å². The number of benzene rings is 3. The lowest BCUT2D eigenvalue weighted by Gasteiger charge is -2.09. The van der Waals surface area contributed by atoms with Crippen LogP contribution in [0.15, 0.2) is 83.8 Å². The number of anilines is 1. The molecule has 6 nitrogen and oxygen atoms in total. The minimum absolute atomic E-state index is 0.0909. The molecule has 0 bridgehead atoms. The van der Waals surface area contributed by atoms with E-state index in [1.807, 2.05) is 31.2 Å². The number of amides is 1. The molecule has 2 N–H and O–H groups in total. The second kappa shape index (κ2) is 10.8. The van der Waals surface area contributed by atoms with Gasteiger partial charge in [0.15, 0.2) is 0 Å². The van der Waals surface area contributed by atoms with Gasteiger partial charge in [0.2, 0.25) is 5.91 Å². The molecule has 0 saturated carbocycles. The van der Waals surface area contributed by atoms with Gasteiger partial charge in [-0.3, -0.25) is 9.52 Å². The lowest BCUT2D eigenvalue weighted by Crippen LogP contribution is -2.20. The van der Waals surface area contributed by atoms with Crippen molar-refractivity contribution in [3.05, 3.63) is 95.0 Å². The zero-order valence-corrected chi connectivity index (χ0v) is 19.0. The van der Waals surface area contributed by atoms with E-state index in [4.69, 9.17) is 16.3 Å². The maximum absolute atomic E-state index is 12.6. The van der Waals surface area contributed by atoms with Crippen LogP contribution in [0.2, 0.25) is 5.02 Å². The van der Waals surface area contributed by atoms with E-state index in [9.17, 15) is 13.2 Å². The van der Waals surface area contributed by atoms with Gasteiger partial charge in [-0.1, -0.05) is 48.0 Å². The topological polar surface area (TPSA) is 84.5 Å². The first-order chi connectivity index (χ1) is 15.4. The molecule has 32 heavy (non-hydrogen) atoms. The quantitative estimate of drug-likeness (QED) is 0.437.